The third-order valence-electron chi connectivity index (χ3n) is 11.3. The predicted octanol–water partition coefficient (Wildman–Crippen LogP) is 5.43. The smallest absolute Gasteiger partial charge is 0.245 e. The van der Waals surface area contributed by atoms with Crippen molar-refractivity contribution in [3.05, 3.63) is 45.6 Å². The molecule has 11 nitrogen and oxygen atoms in total. The van der Waals surface area contributed by atoms with Gasteiger partial charge in [0.2, 0.25) is 23.0 Å². The summed E-state index contributed by atoms with van der Waals surface area (Å²) in [5.74, 6) is 1.64. The zero-order valence-corrected chi connectivity index (χ0v) is 31.6. The molecule has 2 N–H and O–H groups in total. The number of rotatable bonds is 14. The Kier molecular flexibility index (Phi) is 13.2. The molecule has 3 aliphatic rings. The molecule has 1 aliphatic carbocycles. The van der Waals surface area contributed by atoms with Crippen molar-refractivity contribution in [1.82, 2.24) is 15.1 Å². The monoisotopic (exact) mass is 706 g/mol. The lowest BCUT2D eigenvalue weighted by Crippen LogP contribution is -2.54. The highest BCUT2D eigenvalue weighted by atomic mass is 16.5. The SMILES string of the molecule is CCC(C)C(Nc1ccc2c(cc1=O)C(NC(C)=O)CCc1cc(OC)c(OC)c(OC)c1-2)C(=O)N(CCOC)CC1CCCN2CCCCC12. The molecule has 11 heteroatoms. The molecule has 280 valence electrons. The van der Waals surface area contributed by atoms with Crippen LogP contribution < -0.4 is 30.3 Å². The molecule has 5 unspecified atom stereocenters. The number of hydrogen-bond donors (Lipinski definition) is 2. The number of benzene rings is 1. The first-order valence-electron chi connectivity index (χ1n) is 18.7. The number of anilines is 1. The summed E-state index contributed by atoms with van der Waals surface area (Å²) in [6, 6.07) is 6.66. The van der Waals surface area contributed by atoms with Crippen molar-refractivity contribution in [2.24, 2.45) is 11.8 Å². The second kappa shape index (κ2) is 17.6. The second-order valence-corrected chi connectivity index (χ2v) is 14.4. The summed E-state index contributed by atoms with van der Waals surface area (Å²) in [6.07, 6.45) is 7.85. The largest absolute Gasteiger partial charge is 0.493 e. The first kappa shape index (κ1) is 38.4. The van der Waals surface area contributed by atoms with Gasteiger partial charge in [-0.1, -0.05) is 32.8 Å². The minimum absolute atomic E-state index is 0.0122. The van der Waals surface area contributed by atoms with Gasteiger partial charge in [0.25, 0.3) is 0 Å². The molecule has 51 heavy (non-hydrogen) atoms. The van der Waals surface area contributed by atoms with E-state index in [4.69, 9.17) is 18.9 Å². The molecule has 0 saturated carbocycles. The summed E-state index contributed by atoms with van der Waals surface area (Å²) in [6.45, 7) is 9.52. The summed E-state index contributed by atoms with van der Waals surface area (Å²) >= 11 is 0. The minimum atomic E-state index is -0.620. The van der Waals surface area contributed by atoms with E-state index in [0.717, 1.165) is 49.0 Å². The van der Waals surface area contributed by atoms with Gasteiger partial charge in [0.05, 0.1) is 39.7 Å². The maximum absolute atomic E-state index is 14.6. The van der Waals surface area contributed by atoms with Crippen LogP contribution in [0.1, 0.15) is 82.9 Å². The molecule has 2 amide bonds. The van der Waals surface area contributed by atoms with Crippen LogP contribution in [0.3, 0.4) is 0 Å². The maximum atomic E-state index is 14.6. The molecular formula is C40H58N4O7. The molecule has 0 radical (unpaired) electrons. The van der Waals surface area contributed by atoms with Crippen molar-refractivity contribution in [1.29, 1.82) is 0 Å². The molecule has 2 heterocycles. The number of carbonyl (C=O) groups excluding carboxylic acids is 2. The fourth-order valence-corrected chi connectivity index (χ4v) is 8.44. The first-order valence-corrected chi connectivity index (χ1v) is 18.7. The third-order valence-corrected chi connectivity index (χ3v) is 11.3. The molecule has 2 saturated heterocycles. The Morgan fingerprint density at radius 1 is 0.980 bits per heavy atom. The van der Waals surface area contributed by atoms with Gasteiger partial charge in [0.1, 0.15) is 6.04 Å². The predicted molar refractivity (Wildman–Crippen MR) is 200 cm³/mol. The van der Waals surface area contributed by atoms with E-state index in [2.05, 4.69) is 29.4 Å². The summed E-state index contributed by atoms with van der Waals surface area (Å²) in [7, 11) is 6.40. The summed E-state index contributed by atoms with van der Waals surface area (Å²) in [4.78, 5) is 45.9. The van der Waals surface area contributed by atoms with E-state index in [-0.39, 0.29) is 23.2 Å². The number of aryl methyl sites for hydroxylation is 1. The Labute approximate surface area is 303 Å². The Bertz CT molecular complexity index is 1600. The number of nitrogens with one attached hydrogen (secondary N) is 2. The fourth-order valence-electron chi connectivity index (χ4n) is 8.44. The topological polar surface area (TPSA) is 119 Å². The summed E-state index contributed by atoms with van der Waals surface area (Å²) < 4.78 is 22.8. The number of ether oxygens (including phenoxy) is 4. The van der Waals surface area contributed by atoms with Crippen molar-refractivity contribution in [3.8, 4) is 28.4 Å². The molecule has 2 aliphatic heterocycles. The van der Waals surface area contributed by atoms with Gasteiger partial charge in [-0.3, -0.25) is 14.4 Å². The molecule has 5 rings (SSSR count). The van der Waals surface area contributed by atoms with Crippen molar-refractivity contribution in [3.63, 3.8) is 0 Å². The van der Waals surface area contributed by atoms with Crippen LogP contribution in [0.4, 0.5) is 5.69 Å². The van der Waals surface area contributed by atoms with Crippen LogP contribution in [0.25, 0.3) is 11.1 Å². The number of hydrogen-bond acceptors (Lipinski definition) is 9. The van der Waals surface area contributed by atoms with E-state index >= 15 is 0 Å². The lowest BCUT2D eigenvalue weighted by atomic mass is 9.83. The van der Waals surface area contributed by atoms with Gasteiger partial charge in [-0.2, -0.15) is 0 Å². The highest BCUT2D eigenvalue weighted by molar-refractivity contribution is 5.86. The summed E-state index contributed by atoms with van der Waals surface area (Å²) in [5.41, 5.74) is 3.22. The average Bonchev–Trinajstić information content (AvgIpc) is 3.38. The third kappa shape index (κ3) is 8.46. The minimum Gasteiger partial charge on any atom is -0.493 e. The summed E-state index contributed by atoms with van der Waals surface area (Å²) in [5, 5.41) is 6.51. The van der Waals surface area contributed by atoms with Gasteiger partial charge < -0.3 is 39.4 Å². The number of carbonyl (C=O) groups is 2. The number of nitrogens with zero attached hydrogens (tertiary/aromatic N) is 2. The average molecular weight is 707 g/mol. The molecule has 5 atom stereocenters. The van der Waals surface area contributed by atoms with E-state index in [1.165, 1.54) is 26.2 Å². The zero-order chi connectivity index (χ0) is 36.7. The second-order valence-electron chi connectivity index (χ2n) is 14.4. The van der Waals surface area contributed by atoms with Gasteiger partial charge in [-0.15, -0.1) is 0 Å². The lowest BCUT2D eigenvalue weighted by molar-refractivity contribution is -0.135. The van der Waals surface area contributed by atoms with Crippen molar-refractivity contribution in [2.45, 2.75) is 90.3 Å². The molecule has 0 spiro atoms. The number of fused-ring (bicyclic) bond motifs is 4. The van der Waals surface area contributed by atoms with Crippen molar-refractivity contribution < 1.29 is 28.5 Å². The first-order chi connectivity index (χ1) is 24.6. The molecule has 2 aromatic carbocycles. The maximum Gasteiger partial charge on any atom is 0.245 e. The van der Waals surface area contributed by atoms with E-state index in [9.17, 15) is 14.4 Å². The van der Waals surface area contributed by atoms with Gasteiger partial charge >= 0.3 is 0 Å². The van der Waals surface area contributed by atoms with Crippen LogP contribution in [0.5, 0.6) is 17.2 Å². The number of methoxy groups -OCH3 is 4. The molecule has 2 fully saturated rings. The van der Waals surface area contributed by atoms with Crippen LogP contribution in [0.15, 0.2) is 29.1 Å². The zero-order valence-electron chi connectivity index (χ0n) is 31.6. The Hall–Kier alpha value is -3.83. The van der Waals surface area contributed by atoms with E-state index in [1.807, 2.05) is 17.0 Å². The highest BCUT2D eigenvalue weighted by Crippen LogP contribution is 2.50. The molecule has 2 aromatic rings. The van der Waals surface area contributed by atoms with Crippen LogP contribution >= 0.6 is 0 Å². The van der Waals surface area contributed by atoms with Crippen LogP contribution in [0.2, 0.25) is 0 Å². The van der Waals surface area contributed by atoms with Gasteiger partial charge in [0.15, 0.2) is 11.5 Å². The highest BCUT2D eigenvalue weighted by Gasteiger charge is 2.37. The van der Waals surface area contributed by atoms with Gasteiger partial charge in [-0.05, 0) is 98.3 Å². The Morgan fingerprint density at radius 2 is 1.75 bits per heavy atom. The van der Waals surface area contributed by atoms with E-state index in [1.54, 1.807) is 40.6 Å². The fraction of sp³-hybridized carbons (Fsp3) is 0.625. The quantitative estimate of drug-likeness (QED) is 0.265. The van der Waals surface area contributed by atoms with Crippen LogP contribution in [-0.2, 0) is 20.7 Å². The Morgan fingerprint density at radius 3 is 2.43 bits per heavy atom. The molecule has 0 bridgehead atoms. The standard InChI is InChI=1S/C40H58N4O7/c1-8-25(2)37(40(47)44(20-21-48-4)24-28-12-11-19-43-18-10-9-13-33(28)43)42-32-17-15-29-30(23-34(32)46)31(41-26(3)45)16-14-27-22-35(49-5)38(50-6)39(51-7)36(27)29/h15,17,22-23,25,28,31,33,37H,8-14,16,18-21,24H2,1-7H3,(H,41,45)(H,42,46). The lowest BCUT2D eigenvalue weighted by Gasteiger charge is -2.46. The molecular weight excluding hydrogens is 648 g/mol. The number of amides is 2. The van der Waals surface area contributed by atoms with Crippen molar-refractivity contribution in [2.75, 3.05) is 66.5 Å². The van der Waals surface area contributed by atoms with Crippen molar-refractivity contribution >= 4 is 17.5 Å². The Balaban J connectivity index is 1.55. The molecule has 0 aromatic heterocycles. The van der Waals surface area contributed by atoms with Gasteiger partial charge in [-0.25, -0.2) is 0 Å². The number of piperidine rings is 2. The van der Waals surface area contributed by atoms with E-state index in [0.29, 0.717) is 73.0 Å². The van der Waals surface area contributed by atoms with Gasteiger partial charge in [0, 0.05) is 38.7 Å². The normalized spacial score (nSPS) is 21.1. The van der Waals surface area contributed by atoms with Crippen LogP contribution in [-0.4, -0.2) is 94.9 Å². The van der Waals surface area contributed by atoms with E-state index < -0.39 is 12.1 Å². The van der Waals surface area contributed by atoms with Crippen LogP contribution in [0, 0.1) is 11.8 Å².